The van der Waals surface area contributed by atoms with E-state index in [1.807, 2.05) is 0 Å². The maximum absolute atomic E-state index is 11.8. The second kappa shape index (κ2) is 5.63. The SMILES string of the molecule is CCC(C)(C)CNC(=O)c1cc(NN)ccn1. The molecule has 0 atom stereocenters. The maximum atomic E-state index is 11.8. The van der Waals surface area contributed by atoms with Gasteiger partial charge in [-0.25, -0.2) is 0 Å². The van der Waals surface area contributed by atoms with Crippen molar-refractivity contribution in [2.45, 2.75) is 27.2 Å². The Morgan fingerprint density at radius 1 is 1.53 bits per heavy atom. The number of aromatic nitrogens is 1. The fourth-order valence-corrected chi connectivity index (χ4v) is 1.18. The quantitative estimate of drug-likeness (QED) is 0.535. The molecule has 0 saturated heterocycles. The molecule has 0 bridgehead atoms. The lowest BCUT2D eigenvalue weighted by Gasteiger charge is -2.22. The molecule has 17 heavy (non-hydrogen) atoms. The summed E-state index contributed by atoms with van der Waals surface area (Å²) in [5.41, 5.74) is 3.62. The highest BCUT2D eigenvalue weighted by Crippen LogP contribution is 2.17. The summed E-state index contributed by atoms with van der Waals surface area (Å²) >= 11 is 0. The minimum Gasteiger partial charge on any atom is -0.350 e. The first kappa shape index (κ1) is 13.4. The largest absolute Gasteiger partial charge is 0.350 e. The van der Waals surface area contributed by atoms with Crippen molar-refractivity contribution in [3.8, 4) is 0 Å². The van der Waals surface area contributed by atoms with Crippen molar-refractivity contribution in [3.05, 3.63) is 24.0 Å². The molecule has 1 rings (SSSR count). The fraction of sp³-hybridized carbons (Fsp3) is 0.500. The van der Waals surface area contributed by atoms with Crippen molar-refractivity contribution in [1.29, 1.82) is 0 Å². The van der Waals surface area contributed by atoms with E-state index in [1.165, 1.54) is 0 Å². The van der Waals surface area contributed by atoms with Crippen molar-refractivity contribution in [3.63, 3.8) is 0 Å². The molecule has 1 aromatic heterocycles. The van der Waals surface area contributed by atoms with E-state index in [1.54, 1.807) is 18.3 Å². The average Bonchev–Trinajstić information content (AvgIpc) is 2.36. The van der Waals surface area contributed by atoms with Crippen LogP contribution in [0.15, 0.2) is 18.3 Å². The summed E-state index contributed by atoms with van der Waals surface area (Å²) in [4.78, 5) is 15.8. The van der Waals surface area contributed by atoms with Gasteiger partial charge in [0.05, 0.1) is 5.69 Å². The number of nitrogens with one attached hydrogen (secondary N) is 2. The van der Waals surface area contributed by atoms with Gasteiger partial charge in [0.25, 0.3) is 5.91 Å². The summed E-state index contributed by atoms with van der Waals surface area (Å²) in [5, 5.41) is 2.87. The van der Waals surface area contributed by atoms with Crippen molar-refractivity contribution in [2.75, 3.05) is 12.0 Å². The number of hydrogen-bond donors (Lipinski definition) is 3. The third-order valence-electron chi connectivity index (χ3n) is 2.84. The smallest absolute Gasteiger partial charge is 0.269 e. The van der Waals surface area contributed by atoms with Gasteiger partial charge in [-0.15, -0.1) is 0 Å². The van der Waals surface area contributed by atoms with Crippen molar-refractivity contribution in [2.24, 2.45) is 11.3 Å². The number of nitrogens with zero attached hydrogens (tertiary/aromatic N) is 1. The van der Waals surface area contributed by atoms with E-state index in [9.17, 15) is 4.79 Å². The lowest BCUT2D eigenvalue weighted by atomic mass is 9.90. The lowest BCUT2D eigenvalue weighted by molar-refractivity contribution is 0.0931. The molecular weight excluding hydrogens is 216 g/mol. The Balaban J connectivity index is 2.64. The lowest BCUT2D eigenvalue weighted by Crippen LogP contribution is -2.34. The third-order valence-corrected chi connectivity index (χ3v) is 2.84. The molecule has 4 N–H and O–H groups in total. The summed E-state index contributed by atoms with van der Waals surface area (Å²) in [7, 11) is 0. The van der Waals surface area contributed by atoms with Crippen LogP contribution >= 0.6 is 0 Å². The minimum atomic E-state index is -0.177. The average molecular weight is 236 g/mol. The van der Waals surface area contributed by atoms with Gasteiger partial charge >= 0.3 is 0 Å². The normalized spacial score (nSPS) is 11.1. The van der Waals surface area contributed by atoms with E-state index in [0.29, 0.717) is 17.9 Å². The Kier molecular flexibility index (Phi) is 4.45. The molecule has 94 valence electrons. The molecule has 0 unspecified atom stereocenters. The highest BCUT2D eigenvalue weighted by Gasteiger charge is 2.17. The van der Waals surface area contributed by atoms with Crippen LogP contribution in [0.1, 0.15) is 37.7 Å². The second-order valence-electron chi connectivity index (χ2n) is 4.77. The second-order valence-corrected chi connectivity index (χ2v) is 4.77. The van der Waals surface area contributed by atoms with E-state index in [-0.39, 0.29) is 11.3 Å². The topological polar surface area (TPSA) is 80.0 Å². The van der Waals surface area contributed by atoms with Crippen LogP contribution in [-0.2, 0) is 0 Å². The first-order chi connectivity index (χ1) is 7.98. The Morgan fingerprint density at radius 2 is 2.24 bits per heavy atom. The van der Waals surface area contributed by atoms with Crippen LogP contribution in [0, 0.1) is 5.41 Å². The Bertz CT molecular complexity index is 390. The molecule has 0 aliphatic heterocycles. The highest BCUT2D eigenvalue weighted by molar-refractivity contribution is 5.93. The summed E-state index contributed by atoms with van der Waals surface area (Å²) < 4.78 is 0. The molecule has 0 spiro atoms. The molecule has 1 aromatic rings. The Hall–Kier alpha value is -1.62. The zero-order valence-electron chi connectivity index (χ0n) is 10.6. The van der Waals surface area contributed by atoms with Gasteiger partial charge in [0.2, 0.25) is 0 Å². The Morgan fingerprint density at radius 3 is 2.82 bits per heavy atom. The van der Waals surface area contributed by atoms with Gasteiger partial charge in [-0.1, -0.05) is 20.8 Å². The molecule has 1 amide bonds. The van der Waals surface area contributed by atoms with E-state index in [0.717, 1.165) is 6.42 Å². The molecule has 0 radical (unpaired) electrons. The molecule has 5 nitrogen and oxygen atoms in total. The standard InChI is InChI=1S/C12H20N4O/c1-4-12(2,3)8-15-11(17)10-7-9(16-13)5-6-14-10/h5-7H,4,8,13H2,1-3H3,(H,14,16)(H,15,17). The zero-order chi connectivity index (χ0) is 12.9. The number of anilines is 1. The van der Waals surface area contributed by atoms with Gasteiger partial charge in [-0.3, -0.25) is 15.6 Å². The van der Waals surface area contributed by atoms with Crippen LogP contribution in [0.25, 0.3) is 0 Å². The zero-order valence-corrected chi connectivity index (χ0v) is 10.6. The highest BCUT2D eigenvalue weighted by atomic mass is 16.1. The predicted octanol–water partition coefficient (Wildman–Crippen LogP) is 1.53. The summed E-state index contributed by atoms with van der Waals surface area (Å²) in [6.45, 7) is 6.95. The van der Waals surface area contributed by atoms with Gasteiger partial charge < -0.3 is 10.7 Å². The van der Waals surface area contributed by atoms with Gasteiger partial charge in [0.15, 0.2) is 0 Å². The fourth-order valence-electron chi connectivity index (χ4n) is 1.18. The maximum Gasteiger partial charge on any atom is 0.269 e. The van der Waals surface area contributed by atoms with Gasteiger partial charge in [-0.2, -0.15) is 0 Å². The van der Waals surface area contributed by atoms with Crippen molar-refractivity contribution >= 4 is 11.6 Å². The summed E-state index contributed by atoms with van der Waals surface area (Å²) in [6.07, 6.45) is 2.56. The number of nitrogen functional groups attached to an aromatic ring is 1. The summed E-state index contributed by atoms with van der Waals surface area (Å²) in [5.74, 6) is 5.10. The Labute approximate surface area is 102 Å². The monoisotopic (exact) mass is 236 g/mol. The van der Waals surface area contributed by atoms with E-state index in [2.05, 4.69) is 36.5 Å². The molecule has 5 heteroatoms. The van der Waals surface area contributed by atoms with Crippen LogP contribution in [0.2, 0.25) is 0 Å². The van der Waals surface area contributed by atoms with Crippen LogP contribution in [0.5, 0.6) is 0 Å². The number of amides is 1. The number of carbonyl (C=O) groups excluding carboxylic acids is 1. The van der Waals surface area contributed by atoms with E-state index < -0.39 is 0 Å². The summed E-state index contributed by atoms with van der Waals surface area (Å²) in [6, 6.07) is 3.32. The first-order valence-corrected chi connectivity index (χ1v) is 5.69. The molecule has 0 saturated carbocycles. The van der Waals surface area contributed by atoms with Crippen molar-refractivity contribution < 1.29 is 4.79 Å². The van der Waals surface area contributed by atoms with Crippen molar-refractivity contribution in [1.82, 2.24) is 10.3 Å². The van der Waals surface area contributed by atoms with Gasteiger partial charge in [-0.05, 0) is 24.0 Å². The van der Waals surface area contributed by atoms with E-state index in [4.69, 9.17) is 5.84 Å². The number of pyridine rings is 1. The number of carbonyl (C=O) groups is 1. The van der Waals surface area contributed by atoms with Gasteiger partial charge in [0, 0.05) is 12.7 Å². The molecule has 0 aliphatic carbocycles. The molecular formula is C12H20N4O. The number of nitrogens with two attached hydrogens (primary N) is 1. The molecule has 0 aliphatic rings. The van der Waals surface area contributed by atoms with E-state index >= 15 is 0 Å². The van der Waals surface area contributed by atoms with Gasteiger partial charge in [0.1, 0.15) is 5.69 Å². The third kappa shape index (κ3) is 4.03. The minimum absolute atomic E-state index is 0.0966. The van der Waals surface area contributed by atoms with Crippen LogP contribution in [-0.4, -0.2) is 17.4 Å². The molecule has 0 aromatic carbocycles. The number of hydrazine groups is 1. The number of hydrogen-bond acceptors (Lipinski definition) is 4. The van der Waals surface area contributed by atoms with Crippen LogP contribution in [0.3, 0.4) is 0 Å². The van der Waals surface area contributed by atoms with Crippen LogP contribution < -0.4 is 16.6 Å². The van der Waals surface area contributed by atoms with Crippen LogP contribution in [0.4, 0.5) is 5.69 Å². The predicted molar refractivity (Wildman–Crippen MR) is 68.5 cm³/mol. The first-order valence-electron chi connectivity index (χ1n) is 5.69. The molecule has 0 fully saturated rings. The molecule has 1 heterocycles. The number of rotatable bonds is 5.